The zero-order valence-corrected chi connectivity index (χ0v) is 16.1. The minimum atomic E-state index is -0.151. The number of nitrogens with zero attached hydrogens (tertiary/aromatic N) is 2. The average molecular weight is 389 g/mol. The second-order valence-corrected chi connectivity index (χ2v) is 7.13. The summed E-state index contributed by atoms with van der Waals surface area (Å²) in [5.41, 5.74) is 3.16. The molecule has 1 amide bonds. The van der Waals surface area contributed by atoms with E-state index in [0.717, 1.165) is 21.9 Å². The molecule has 140 valence electrons. The van der Waals surface area contributed by atoms with Crippen LogP contribution in [0.3, 0.4) is 0 Å². The lowest BCUT2D eigenvalue weighted by molar-refractivity contribution is 0.0951. The average Bonchev–Trinajstić information content (AvgIpc) is 3.43. The Labute approximate surface area is 167 Å². The molecule has 2 aromatic carbocycles. The van der Waals surface area contributed by atoms with E-state index in [1.54, 1.807) is 29.3 Å². The first-order valence-corrected chi connectivity index (χ1v) is 9.72. The highest BCUT2D eigenvalue weighted by Gasteiger charge is 2.19. The number of hydrogen-bond donors (Lipinski definition) is 1. The molecule has 0 radical (unpaired) electrons. The van der Waals surface area contributed by atoms with Gasteiger partial charge in [0.1, 0.15) is 11.4 Å². The molecule has 28 heavy (non-hydrogen) atoms. The van der Waals surface area contributed by atoms with Crippen molar-refractivity contribution in [3.8, 4) is 22.0 Å². The second-order valence-electron chi connectivity index (χ2n) is 6.18. The summed E-state index contributed by atoms with van der Waals surface area (Å²) in [6, 6.07) is 21.3. The number of rotatable bonds is 6. The molecule has 0 aliphatic heterocycles. The van der Waals surface area contributed by atoms with E-state index in [9.17, 15) is 4.79 Å². The molecule has 6 heteroatoms. The molecule has 2 aromatic heterocycles. The van der Waals surface area contributed by atoms with E-state index in [1.165, 1.54) is 0 Å². The number of aromatic nitrogens is 2. The number of hydrogen-bond acceptors (Lipinski definition) is 4. The first-order valence-electron chi connectivity index (χ1n) is 8.84. The molecule has 4 aromatic rings. The van der Waals surface area contributed by atoms with Crippen LogP contribution < -0.4 is 10.1 Å². The number of nitrogens with one attached hydrogen (secondary N) is 1. The van der Waals surface area contributed by atoms with E-state index in [4.69, 9.17) is 4.74 Å². The third-order valence-corrected chi connectivity index (χ3v) is 5.22. The number of benzene rings is 2. The van der Waals surface area contributed by atoms with Crippen LogP contribution in [0.1, 0.15) is 15.9 Å². The minimum Gasteiger partial charge on any atom is -0.497 e. The Morgan fingerprint density at radius 1 is 1.07 bits per heavy atom. The Kier molecular flexibility index (Phi) is 5.21. The predicted octanol–water partition coefficient (Wildman–Crippen LogP) is 4.54. The molecule has 0 aliphatic rings. The molecular formula is C22H19N3O2S. The summed E-state index contributed by atoms with van der Waals surface area (Å²) >= 11 is 1.56. The van der Waals surface area contributed by atoms with Gasteiger partial charge in [-0.15, -0.1) is 11.3 Å². The van der Waals surface area contributed by atoms with Gasteiger partial charge in [0.25, 0.3) is 5.91 Å². The van der Waals surface area contributed by atoms with Gasteiger partial charge in [0.2, 0.25) is 0 Å². The third kappa shape index (κ3) is 3.82. The standard InChI is InChI=1S/C22H19N3O2S/c1-27-18-11-9-16(10-12-18)14-23-22(26)19-15-25(17-6-3-2-4-7-17)24-21(19)20-8-5-13-28-20/h2-13,15H,14H2,1H3,(H,23,26). The topological polar surface area (TPSA) is 56.1 Å². The number of carbonyl (C=O) groups excluding carboxylic acids is 1. The molecule has 0 unspecified atom stereocenters. The number of para-hydroxylation sites is 1. The lowest BCUT2D eigenvalue weighted by atomic mass is 10.2. The van der Waals surface area contributed by atoms with Crippen LogP contribution in [0.15, 0.2) is 78.3 Å². The Bertz CT molecular complexity index is 1060. The normalized spacial score (nSPS) is 10.6. The highest BCUT2D eigenvalue weighted by atomic mass is 32.1. The molecule has 0 atom stereocenters. The van der Waals surface area contributed by atoms with E-state index in [1.807, 2.05) is 72.1 Å². The summed E-state index contributed by atoms with van der Waals surface area (Å²) in [5.74, 6) is 0.639. The van der Waals surface area contributed by atoms with Crippen molar-refractivity contribution in [2.24, 2.45) is 0 Å². The van der Waals surface area contributed by atoms with Gasteiger partial charge in [-0.25, -0.2) is 4.68 Å². The molecule has 0 saturated carbocycles. The third-order valence-electron chi connectivity index (χ3n) is 4.35. The summed E-state index contributed by atoms with van der Waals surface area (Å²) in [6.07, 6.45) is 1.79. The summed E-state index contributed by atoms with van der Waals surface area (Å²) < 4.78 is 6.92. The predicted molar refractivity (Wildman–Crippen MR) is 111 cm³/mol. The molecule has 0 spiro atoms. The Morgan fingerprint density at radius 2 is 1.86 bits per heavy atom. The Morgan fingerprint density at radius 3 is 2.54 bits per heavy atom. The number of amides is 1. The summed E-state index contributed by atoms with van der Waals surface area (Å²) in [4.78, 5) is 13.9. The molecule has 1 N–H and O–H groups in total. The van der Waals surface area contributed by atoms with Gasteiger partial charge in [0, 0.05) is 12.7 Å². The van der Waals surface area contributed by atoms with Gasteiger partial charge in [-0.2, -0.15) is 5.10 Å². The van der Waals surface area contributed by atoms with Crippen LogP contribution in [0.4, 0.5) is 0 Å². The van der Waals surface area contributed by atoms with E-state index < -0.39 is 0 Å². The fourth-order valence-electron chi connectivity index (χ4n) is 2.87. The lowest BCUT2D eigenvalue weighted by Crippen LogP contribution is -2.22. The largest absolute Gasteiger partial charge is 0.497 e. The summed E-state index contributed by atoms with van der Waals surface area (Å²) in [7, 11) is 1.63. The monoisotopic (exact) mass is 389 g/mol. The number of thiophene rings is 1. The number of methoxy groups -OCH3 is 1. The SMILES string of the molecule is COc1ccc(CNC(=O)c2cn(-c3ccccc3)nc2-c2cccs2)cc1. The summed E-state index contributed by atoms with van der Waals surface area (Å²) in [5, 5.41) is 9.64. The maximum atomic E-state index is 12.9. The van der Waals surface area contributed by atoms with Gasteiger partial charge < -0.3 is 10.1 Å². The van der Waals surface area contributed by atoms with Gasteiger partial charge in [-0.05, 0) is 41.3 Å². The summed E-state index contributed by atoms with van der Waals surface area (Å²) in [6.45, 7) is 0.434. The van der Waals surface area contributed by atoms with Crippen molar-refractivity contribution < 1.29 is 9.53 Å². The van der Waals surface area contributed by atoms with Gasteiger partial charge in [-0.3, -0.25) is 4.79 Å². The molecule has 2 heterocycles. The van der Waals surface area contributed by atoms with Gasteiger partial charge >= 0.3 is 0 Å². The minimum absolute atomic E-state index is 0.151. The van der Waals surface area contributed by atoms with Gasteiger partial charge in [0.05, 0.1) is 23.2 Å². The zero-order chi connectivity index (χ0) is 19.3. The van der Waals surface area contributed by atoms with E-state index >= 15 is 0 Å². The van der Waals surface area contributed by atoms with Crippen LogP contribution in [0.5, 0.6) is 5.75 Å². The van der Waals surface area contributed by atoms with Crippen LogP contribution in [-0.4, -0.2) is 22.8 Å². The van der Waals surface area contributed by atoms with Gasteiger partial charge in [-0.1, -0.05) is 36.4 Å². The Balaban J connectivity index is 1.59. The fourth-order valence-corrected chi connectivity index (χ4v) is 3.59. The van der Waals surface area contributed by atoms with E-state index in [0.29, 0.717) is 17.8 Å². The molecule has 0 saturated heterocycles. The van der Waals surface area contributed by atoms with Crippen molar-refractivity contribution in [2.45, 2.75) is 6.54 Å². The van der Waals surface area contributed by atoms with Crippen molar-refractivity contribution in [1.29, 1.82) is 0 Å². The highest BCUT2D eigenvalue weighted by molar-refractivity contribution is 7.13. The van der Waals surface area contributed by atoms with E-state index in [-0.39, 0.29) is 5.91 Å². The van der Waals surface area contributed by atoms with Crippen LogP contribution in [0, 0.1) is 0 Å². The fraction of sp³-hybridized carbons (Fsp3) is 0.0909. The van der Waals surface area contributed by atoms with Crippen molar-refractivity contribution in [3.63, 3.8) is 0 Å². The van der Waals surface area contributed by atoms with Crippen molar-refractivity contribution >= 4 is 17.2 Å². The van der Waals surface area contributed by atoms with Crippen molar-refractivity contribution in [3.05, 3.63) is 89.4 Å². The van der Waals surface area contributed by atoms with Crippen LogP contribution in [0.25, 0.3) is 16.3 Å². The smallest absolute Gasteiger partial charge is 0.255 e. The molecule has 0 bridgehead atoms. The highest BCUT2D eigenvalue weighted by Crippen LogP contribution is 2.27. The van der Waals surface area contributed by atoms with Crippen LogP contribution in [-0.2, 0) is 6.54 Å². The van der Waals surface area contributed by atoms with E-state index in [2.05, 4.69) is 10.4 Å². The van der Waals surface area contributed by atoms with Gasteiger partial charge in [0.15, 0.2) is 0 Å². The first-order chi connectivity index (χ1) is 13.7. The quantitative estimate of drug-likeness (QED) is 0.527. The lowest BCUT2D eigenvalue weighted by Gasteiger charge is -2.06. The number of carbonyl (C=O) groups is 1. The second kappa shape index (κ2) is 8.10. The van der Waals surface area contributed by atoms with Crippen molar-refractivity contribution in [2.75, 3.05) is 7.11 Å². The first kappa shape index (κ1) is 18.0. The maximum absolute atomic E-state index is 12.9. The molecular weight excluding hydrogens is 370 g/mol. The molecule has 0 fully saturated rings. The van der Waals surface area contributed by atoms with Crippen LogP contribution >= 0.6 is 11.3 Å². The molecule has 4 rings (SSSR count). The Hall–Kier alpha value is -3.38. The molecule has 0 aliphatic carbocycles. The maximum Gasteiger partial charge on any atom is 0.255 e. The number of ether oxygens (including phenoxy) is 1. The van der Waals surface area contributed by atoms with Crippen LogP contribution in [0.2, 0.25) is 0 Å². The zero-order valence-electron chi connectivity index (χ0n) is 15.3. The molecule has 5 nitrogen and oxygen atoms in total. The van der Waals surface area contributed by atoms with Crippen molar-refractivity contribution in [1.82, 2.24) is 15.1 Å².